The van der Waals surface area contributed by atoms with Crippen LogP contribution in [0.4, 0.5) is 4.39 Å². The van der Waals surface area contributed by atoms with E-state index >= 15 is 0 Å². The Morgan fingerprint density at radius 1 is 1.50 bits per heavy atom. The van der Waals surface area contributed by atoms with Crippen molar-refractivity contribution in [3.05, 3.63) is 41.2 Å². The van der Waals surface area contributed by atoms with E-state index in [-0.39, 0.29) is 5.82 Å². The van der Waals surface area contributed by atoms with E-state index < -0.39 is 6.10 Å². The minimum Gasteiger partial charge on any atom is -0.489 e. The summed E-state index contributed by atoms with van der Waals surface area (Å²) in [6, 6.07) is 4.15. The van der Waals surface area contributed by atoms with Crippen molar-refractivity contribution in [2.24, 2.45) is 0 Å². The van der Waals surface area contributed by atoms with Crippen LogP contribution in [0.15, 0.2) is 29.8 Å². The fourth-order valence-corrected chi connectivity index (χ4v) is 1.28. The number of halogens is 1. The first-order valence-electron chi connectivity index (χ1n) is 5.24. The molecule has 0 unspecified atom stereocenters. The van der Waals surface area contributed by atoms with Crippen molar-refractivity contribution >= 4 is 0 Å². The number of allylic oxidation sites excluding steroid dienone is 1. The Bertz CT molecular complexity index is 380. The summed E-state index contributed by atoms with van der Waals surface area (Å²) in [4.78, 5) is 0. The second kappa shape index (κ2) is 5.66. The van der Waals surface area contributed by atoms with Crippen molar-refractivity contribution < 1.29 is 14.2 Å². The fraction of sp³-hybridized carbons (Fsp3) is 0.385. The average Bonchev–Trinajstić information content (AvgIpc) is 2.16. The maximum Gasteiger partial charge on any atom is 0.128 e. The van der Waals surface area contributed by atoms with Crippen LogP contribution >= 0.6 is 0 Å². The fourth-order valence-electron chi connectivity index (χ4n) is 1.28. The highest BCUT2D eigenvalue weighted by atomic mass is 19.1. The smallest absolute Gasteiger partial charge is 0.128 e. The summed E-state index contributed by atoms with van der Waals surface area (Å²) in [5.74, 6) is 0.0316. The van der Waals surface area contributed by atoms with E-state index in [0.29, 0.717) is 17.9 Å². The standard InChI is InChI=1S/C13H17FO2/c1-9(2)6-7-16-13-8-11(14)4-5-12(13)10(3)15/h4-6,8,10,15H,7H2,1-3H3/t10-/m1/s1. The molecule has 1 rings (SSSR count). The first kappa shape index (κ1) is 12.7. The van der Waals surface area contributed by atoms with Crippen LogP contribution in [0.1, 0.15) is 32.4 Å². The van der Waals surface area contributed by atoms with E-state index in [9.17, 15) is 9.50 Å². The quantitative estimate of drug-likeness (QED) is 0.796. The Morgan fingerprint density at radius 3 is 2.75 bits per heavy atom. The molecule has 0 spiro atoms. The summed E-state index contributed by atoms with van der Waals surface area (Å²) in [6.45, 7) is 5.93. The lowest BCUT2D eigenvalue weighted by atomic mass is 10.1. The third-order valence-electron chi connectivity index (χ3n) is 2.16. The van der Waals surface area contributed by atoms with Gasteiger partial charge in [-0.15, -0.1) is 0 Å². The van der Waals surface area contributed by atoms with Crippen LogP contribution in [-0.4, -0.2) is 11.7 Å². The van der Waals surface area contributed by atoms with Gasteiger partial charge in [0.05, 0.1) is 6.10 Å². The molecule has 16 heavy (non-hydrogen) atoms. The van der Waals surface area contributed by atoms with Crippen LogP contribution in [0.5, 0.6) is 5.75 Å². The van der Waals surface area contributed by atoms with E-state index in [2.05, 4.69) is 0 Å². The van der Waals surface area contributed by atoms with Gasteiger partial charge >= 0.3 is 0 Å². The molecule has 88 valence electrons. The summed E-state index contributed by atoms with van der Waals surface area (Å²) in [5.41, 5.74) is 1.73. The lowest BCUT2D eigenvalue weighted by molar-refractivity contribution is 0.192. The molecule has 0 amide bonds. The van der Waals surface area contributed by atoms with E-state index in [1.807, 2.05) is 19.9 Å². The summed E-state index contributed by atoms with van der Waals surface area (Å²) in [6.07, 6.45) is 1.23. The maximum absolute atomic E-state index is 13.0. The number of aliphatic hydroxyl groups is 1. The van der Waals surface area contributed by atoms with Gasteiger partial charge in [0, 0.05) is 11.6 Å². The summed E-state index contributed by atoms with van der Waals surface area (Å²) in [5, 5.41) is 9.49. The summed E-state index contributed by atoms with van der Waals surface area (Å²) >= 11 is 0. The normalized spacial score (nSPS) is 12.1. The highest BCUT2D eigenvalue weighted by Gasteiger charge is 2.09. The third-order valence-corrected chi connectivity index (χ3v) is 2.16. The maximum atomic E-state index is 13.0. The number of rotatable bonds is 4. The van der Waals surface area contributed by atoms with Gasteiger partial charge in [0.1, 0.15) is 18.2 Å². The van der Waals surface area contributed by atoms with Gasteiger partial charge in [0.2, 0.25) is 0 Å². The molecule has 0 saturated heterocycles. The number of benzene rings is 1. The number of aliphatic hydroxyl groups excluding tert-OH is 1. The predicted molar refractivity (Wildman–Crippen MR) is 62.0 cm³/mol. The van der Waals surface area contributed by atoms with Crippen molar-refractivity contribution in [1.29, 1.82) is 0 Å². The number of ether oxygens (including phenoxy) is 1. The van der Waals surface area contributed by atoms with Crippen molar-refractivity contribution in [2.75, 3.05) is 6.61 Å². The monoisotopic (exact) mass is 224 g/mol. The topological polar surface area (TPSA) is 29.5 Å². The van der Waals surface area contributed by atoms with E-state index in [1.54, 1.807) is 6.92 Å². The average molecular weight is 224 g/mol. The minimum absolute atomic E-state index is 0.364. The zero-order chi connectivity index (χ0) is 12.1. The van der Waals surface area contributed by atoms with Gasteiger partial charge < -0.3 is 9.84 Å². The van der Waals surface area contributed by atoms with Crippen LogP contribution < -0.4 is 4.74 Å². The van der Waals surface area contributed by atoms with Crippen molar-refractivity contribution in [3.8, 4) is 5.75 Å². The highest BCUT2D eigenvalue weighted by Crippen LogP contribution is 2.25. The van der Waals surface area contributed by atoms with E-state index in [1.165, 1.54) is 18.2 Å². The molecular formula is C13H17FO2. The minimum atomic E-state index is -0.665. The van der Waals surface area contributed by atoms with Gasteiger partial charge in [-0.3, -0.25) is 0 Å². The van der Waals surface area contributed by atoms with Crippen molar-refractivity contribution in [3.63, 3.8) is 0 Å². The molecular weight excluding hydrogens is 207 g/mol. The first-order valence-corrected chi connectivity index (χ1v) is 5.24. The molecule has 0 heterocycles. The molecule has 0 bridgehead atoms. The number of hydrogen-bond donors (Lipinski definition) is 1. The zero-order valence-corrected chi connectivity index (χ0v) is 9.83. The van der Waals surface area contributed by atoms with Gasteiger partial charge in [0.15, 0.2) is 0 Å². The molecule has 0 fully saturated rings. The van der Waals surface area contributed by atoms with Gasteiger partial charge in [-0.25, -0.2) is 4.39 Å². The highest BCUT2D eigenvalue weighted by molar-refractivity contribution is 5.35. The van der Waals surface area contributed by atoms with Crippen LogP contribution in [0.3, 0.4) is 0 Å². The Labute approximate surface area is 95.4 Å². The molecule has 1 aromatic carbocycles. The van der Waals surface area contributed by atoms with Gasteiger partial charge in [-0.05, 0) is 39.0 Å². The second-order valence-corrected chi connectivity index (χ2v) is 3.95. The van der Waals surface area contributed by atoms with Gasteiger partial charge in [-0.2, -0.15) is 0 Å². The molecule has 0 aliphatic heterocycles. The van der Waals surface area contributed by atoms with Gasteiger partial charge in [0.25, 0.3) is 0 Å². The molecule has 2 nitrogen and oxygen atoms in total. The largest absolute Gasteiger partial charge is 0.489 e. The first-order chi connectivity index (χ1) is 7.50. The molecule has 0 aliphatic rings. The number of hydrogen-bond acceptors (Lipinski definition) is 2. The van der Waals surface area contributed by atoms with E-state index in [0.717, 1.165) is 5.57 Å². The van der Waals surface area contributed by atoms with Crippen molar-refractivity contribution in [2.45, 2.75) is 26.9 Å². The lowest BCUT2D eigenvalue weighted by Crippen LogP contribution is -2.01. The third kappa shape index (κ3) is 3.66. The van der Waals surface area contributed by atoms with Crippen LogP contribution in [0, 0.1) is 5.82 Å². The molecule has 0 aromatic heterocycles. The van der Waals surface area contributed by atoms with Crippen molar-refractivity contribution in [1.82, 2.24) is 0 Å². The second-order valence-electron chi connectivity index (χ2n) is 3.95. The lowest BCUT2D eigenvalue weighted by Gasteiger charge is -2.12. The predicted octanol–water partition coefficient (Wildman–Crippen LogP) is 3.22. The Balaban J connectivity index is 2.84. The Kier molecular flexibility index (Phi) is 4.50. The molecule has 1 N–H and O–H groups in total. The van der Waals surface area contributed by atoms with Gasteiger partial charge in [-0.1, -0.05) is 5.57 Å². The van der Waals surface area contributed by atoms with Crippen LogP contribution in [0.25, 0.3) is 0 Å². The van der Waals surface area contributed by atoms with Crippen LogP contribution in [0.2, 0.25) is 0 Å². The van der Waals surface area contributed by atoms with Crippen LogP contribution in [-0.2, 0) is 0 Å². The summed E-state index contributed by atoms with van der Waals surface area (Å²) in [7, 11) is 0. The summed E-state index contributed by atoms with van der Waals surface area (Å²) < 4.78 is 18.4. The molecule has 0 saturated carbocycles. The molecule has 1 aromatic rings. The molecule has 0 radical (unpaired) electrons. The Morgan fingerprint density at radius 2 is 2.19 bits per heavy atom. The van der Waals surface area contributed by atoms with E-state index in [4.69, 9.17) is 4.74 Å². The Hall–Kier alpha value is -1.35. The zero-order valence-electron chi connectivity index (χ0n) is 9.83. The molecule has 0 aliphatic carbocycles. The SMILES string of the molecule is CC(C)=CCOc1cc(F)ccc1[C@@H](C)O. The molecule has 1 atom stereocenters. The molecule has 3 heteroatoms.